The van der Waals surface area contributed by atoms with Gasteiger partial charge in [0.15, 0.2) is 0 Å². The van der Waals surface area contributed by atoms with E-state index in [0.717, 1.165) is 22.3 Å². The molecule has 0 spiro atoms. The summed E-state index contributed by atoms with van der Waals surface area (Å²) < 4.78 is 28.7. The molecular weight excluding hydrogens is 396 g/mol. The number of amides is 1. The van der Waals surface area contributed by atoms with Gasteiger partial charge in [0.05, 0.1) is 10.6 Å². The summed E-state index contributed by atoms with van der Waals surface area (Å²) in [7, 11) is -3.85. The normalized spacial score (nSPS) is 11.2. The van der Waals surface area contributed by atoms with Crippen LogP contribution in [0.25, 0.3) is 0 Å². The van der Waals surface area contributed by atoms with E-state index in [4.69, 9.17) is 0 Å². The Morgan fingerprint density at radius 3 is 1.83 bits per heavy atom. The molecule has 0 aliphatic heterocycles. The summed E-state index contributed by atoms with van der Waals surface area (Å²) in [5.74, 6) is -0.357. The van der Waals surface area contributed by atoms with Gasteiger partial charge in [-0.1, -0.05) is 41.5 Å². The average Bonchev–Trinajstić information content (AvgIpc) is 2.66. The van der Waals surface area contributed by atoms with Crippen molar-refractivity contribution in [3.63, 3.8) is 0 Å². The number of hydrogen-bond donors (Lipinski definition) is 2. The van der Waals surface area contributed by atoms with Crippen LogP contribution < -0.4 is 10.0 Å². The Kier molecular flexibility index (Phi) is 5.99. The van der Waals surface area contributed by atoms with Gasteiger partial charge in [-0.15, -0.1) is 0 Å². The number of carbonyl (C=O) groups excluding carboxylic acids is 1. The largest absolute Gasteiger partial charge is 0.322 e. The van der Waals surface area contributed by atoms with Gasteiger partial charge in [-0.2, -0.15) is 0 Å². The van der Waals surface area contributed by atoms with Crippen LogP contribution in [0.15, 0.2) is 59.5 Å². The number of aryl methyl sites for hydroxylation is 5. The molecule has 0 atom stereocenters. The van der Waals surface area contributed by atoms with Gasteiger partial charge in [-0.3, -0.25) is 9.52 Å². The SMILES string of the molecule is Cc1ccc(NC(=O)c2ccc(C)c(S(=O)(=O)Nc3ccc(C)cc3C)c2)c(C)c1. The fraction of sp³-hybridized carbons (Fsp3) is 0.208. The van der Waals surface area contributed by atoms with E-state index in [0.29, 0.717) is 16.9 Å². The maximum atomic E-state index is 13.0. The molecular formula is C24H26N2O3S. The fourth-order valence-corrected chi connectivity index (χ4v) is 4.71. The first kappa shape index (κ1) is 21.6. The zero-order chi connectivity index (χ0) is 22.1. The lowest BCUT2D eigenvalue weighted by molar-refractivity contribution is 0.102. The molecule has 5 nitrogen and oxygen atoms in total. The Hall–Kier alpha value is -3.12. The lowest BCUT2D eigenvalue weighted by atomic mass is 10.1. The van der Waals surface area contributed by atoms with Crippen molar-refractivity contribution in [1.82, 2.24) is 0 Å². The summed E-state index contributed by atoms with van der Waals surface area (Å²) in [6, 6.07) is 15.9. The molecule has 0 bridgehead atoms. The first-order valence-electron chi connectivity index (χ1n) is 9.66. The quantitative estimate of drug-likeness (QED) is 0.587. The van der Waals surface area contributed by atoms with E-state index in [1.54, 1.807) is 25.1 Å². The highest BCUT2D eigenvalue weighted by Crippen LogP contribution is 2.24. The maximum Gasteiger partial charge on any atom is 0.262 e. The summed E-state index contributed by atoms with van der Waals surface area (Å²) in [5.41, 5.74) is 5.99. The summed E-state index contributed by atoms with van der Waals surface area (Å²) in [6.07, 6.45) is 0. The Balaban J connectivity index is 1.91. The Morgan fingerprint density at radius 1 is 0.700 bits per heavy atom. The second-order valence-electron chi connectivity index (χ2n) is 7.68. The molecule has 0 unspecified atom stereocenters. The molecule has 0 aromatic heterocycles. The zero-order valence-electron chi connectivity index (χ0n) is 17.8. The van der Waals surface area contributed by atoms with E-state index in [1.807, 2.05) is 58.0 Å². The number of nitrogens with one attached hydrogen (secondary N) is 2. The summed E-state index contributed by atoms with van der Waals surface area (Å²) >= 11 is 0. The molecule has 0 heterocycles. The number of benzene rings is 3. The van der Waals surface area contributed by atoms with Gasteiger partial charge in [0.1, 0.15) is 0 Å². The van der Waals surface area contributed by atoms with Crippen molar-refractivity contribution in [3.8, 4) is 0 Å². The standard InChI is InChI=1S/C24H26N2O3S/c1-15-6-10-21(18(4)12-15)25-24(27)20-9-8-17(3)23(14-20)30(28,29)26-22-11-7-16(2)13-19(22)5/h6-14,26H,1-5H3,(H,25,27). The highest BCUT2D eigenvalue weighted by molar-refractivity contribution is 7.92. The van der Waals surface area contributed by atoms with Crippen LogP contribution in [-0.2, 0) is 10.0 Å². The third-order valence-electron chi connectivity index (χ3n) is 5.00. The van der Waals surface area contributed by atoms with Gasteiger partial charge >= 0.3 is 0 Å². The van der Waals surface area contributed by atoms with E-state index in [1.165, 1.54) is 6.07 Å². The van der Waals surface area contributed by atoms with Crippen molar-refractivity contribution < 1.29 is 13.2 Å². The van der Waals surface area contributed by atoms with Crippen molar-refractivity contribution in [2.75, 3.05) is 10.0 Å². The van der Waals surface area contributed by atoms with Crippen LogP contribution in [0.2, 0.25) is 0 Å². The van der Waals surface area contributed by atoms with Gasteiger partial charge in [0, 0.05) is 11.3 Å². The highest BCUT2D eigenvalue weighted by atomic mass is 32.2. The molecule has 6 heteroatoms. The molecule has 1 amide bonds. The van der Waals surface area contributed by atoms with Gasteiger partial charge in [0.2, 0.25) is 0 Å². The summed E-state index contributed by atoms with van der Waals surface area (Å²) in [4.78, 5) is 12.8. The van der Waals surface area contributed by atoms with Crippen LogP contribution in [0.1, 0.15) is 38.2 Å². The molecule has 3 rings (SSSR count). The third-order valence-corrected chi connectivity index (χ3v) is 6.50. The first-order valence-corrected chi connectivity index (χ1v) is 11.1. The van der Waals surface area contributed by atoms with E-state index in [-0.39, 0.29) is 16.4 Å². The Labute approximate surface area is 178 Å². The third kappa shape index (κ3) is 4.71. The predicted octanol–water partition coefficient (Wildman–Crippen LogP) is 5.28. The molecule has 30 heavy (non-hydrogen) atoms. The maximum absolute atomic E-state index is 13.0. The molecule has 0 fully saturated rings. The van der Waals surface area contributed by atoms with Crippen LogP contribution in [0, 0.1) is 34.6 Å². The topological polar surface area (TPSA) is 75.3 Å². The molecule has 156 valence electrons. The minimum Gasteiger partial charge on any atom is -0.322 e. The summed E-state index contributed by atoms with van der Waals surface area (Å²) in [6.45, 7) is 9.42. The molecule has 3 aromatic carbocycles. The van der Waals surface area contributed by atoms with Gasteiger partial charge in [-0.25, -0.2) is 8.42 Å². The van der Waals surface area contributed by atoms with E-state index in [9.17, 15) is 13.2 Å². The van der Waals surface area contributed by atoms with Crippen molar-refractivity contribution in [3.05, 3.63) is 88.0 Å². The first-order chi connectivity index (χ1) is 14.1. The molecule has 3 aromatic rings. The number of rotatable bonds is 5. The van der Waals surface area contributed by atoms with E-state index in [2.05, 4.69) is 10.0 Å². The van der Waals surface area contributed by atoms with Gasteiger partial charge in [-0.05, 0) is 75.6 Å². The average molecular weight is 423 g/mol. The molecule has 2 N–H and O–H groups in total. The van der Waals surface area contributed by atoms with Crippen LogP contribution in [-0.4, -0.2) is 14.3 Å². The van der Waals surface area contributed by atoms with Crippen molar-refractivity contribution >= 4 is 27.3 Å². The van der Waals surface area contributed by atoms with Crippen molar-refractivity contribution in [2.45, 2.75) is 39.5 Å². The minimum absolute atomic E-state index is 0.0794. The van der Waals surface area contributed by atoms with E-state index >= 15 is 0 Å². The second kappa shape index (κ2) is 8.32. The number of carbonyl (C=O) groups is 1. The minimum atomic E-state index is -3.85. The monoisotopic (exact) mass is 422 g/mol. The molecule has 0 aliphatic rings. The van der Waals surface area contributed by atoms with Crippen LogP contribution >= 0.6 is 0 Å². The van der Waals surface area contributed by atoms with Gasteiger partial charge in [0.25, 0.3) is 15.9 Å². The Bertz CT molecular complexity index is 1230. The van der Waals surface area contributed by atoms with E-state index < -0.39 is 10.0 Å². The van der Waals surface area contributed by atoms with Gasteiger partial charge < -0.3 is 5.32 Å². The number of sulfonamides is 1. The molecule has 0 aliphatic carbocycles. The second-order valence-corrected chi connectivity index (χ2v) is 9.33. The van der Waals surface area contributed by atoms with Crippen molar-refractivity contribution in [2.24, 2.45) is 0 Å². The van der Waals surface area contributed by atoms with Crippen LogP contribution in [0.5, 0.6) is 0 Å². The van der Waals surface area contributed by atoms with Crippen LogP contribution in [0.4, 0.5) is 11.4 Å². The highest BCUT2D eigenvalue weighted by Gasteiger charge is 2.20. The fourth-order valence-electron chi connectivity index (χ4n) is 3.31. The number of hydrogen-bond acceptors (Lipinski definition) is 3. The lowest BCUT2D eigenvalue weighted by Gasteiger charge is -2.14. The zero-order valence-corrected chi connectivity index (χ0v) is 18.6. The lowest BCUT2D eigenvalue weighted by Crippen LogP contribution is -2.18. The number of anilines is 2. The summed E-state index contributed by atoms with van der Waals surface area (Å²) in [5, 5.41) is 2.86. The molecule has 0 saturated heterocycles. The predicted molar refractivity (Wildman–Crippen MR) is 122 cm³/mol. The smallest absolute Gasteiger partial charge is 0.262 e. The Morgan fingerprint density at radius 2 is 1.27 bits per heavy atom. The van der Waals surface area contributed by atoms with Crippen LogP contribution in [0.3, 0.4) is 0 Å². The molecule has 0 saturated carbocycles. The van der Waals surface area contributed by atoms with Crippen molar-refractivity contribution in [1.29, 1.82) is 0 Å². The molecule has 0 radical (unpaired) electrons.